The van der Waals surface area contributed by atoms with Gasteiger partial charge in [-0.25, -0.2) is 0 Å². The van der Waals surface area contributed by atoms with Crippen LogP contribution in [-0.4, -0.2) is 19.1 Å². The summed E-state index contributed by atoms with van der Waals surface area (Å²) in [7, 11) is 1.61. The predicted octanol–water partition coefficient (Wildman–Crippen LogP) is 4.22. The fourth-order valence-electron chi connectivity index (χ4n) is 2.11. The first-order chi connectivity index (χ1) is 11.0. The molecule has 0 saturated heterocycles. The molecule has 122 valence electrons. The van der Waals surface area contributed by atoms with E-state index in [-0.39, 0.29) is 5.91 Å². The number of carbonyl (C=O) groups is 1. The summed E-state index contributed by atoms with van der Waals surface area (Å²) in [5.41, 5.74) is 1.95. The van der Waals surface area contributed by atoms with Crippen molar-refractivity contribution in [3.8, 4) is 11.5 Å². The van der Waals surface area contributed by atoms with E-state index in [9.17, 15) is 4.79 Å². The molecule has 4 heteroatoms. The average Bonchev–Trinajstić information content (AvgIpc) is 2.56. The molecule has 0 fully saturated rings. The van der Waals surface area contributed by atoms with Gasteiger partial charge in [-0.05, 0) is 54.8 Å². The van der Waals surface area contributed by atoms with E-state index < -0.39 is 6.10 Å². The number of nitrogens with one attached hydrogen (secondary N) is 1. The van der Waals surface area contributed by atoms with Crippen LogP contribution in [0.3, 0.4) is 0 Å². The van der Waals surface area contributed by atoms with Crippen molar-refractivity contribution in [2.75, 3.05) is 12.4 Å². The highest BCUT2D eigenvalue weighted by Gasteiger charge is 2.15. The Bertz CT molecular complexity index is 633. The first-order valence-corrected chi connectivity index (χ1v) is 7.71. The summed E-state index contributed by atoms with van der Waals surface area (Å²) in [5, 5.41) is 2.82. The normalized spacial score (nSPS) is 11.9. The Balaban J connectivity index is 1.93. The van der Waals surface area contributed by atoms with Gasteiger partial charge in [-0.2, -0.15) is 0 Å². The standard InChI is InChI=1S/C19H23NO3/c1-13(2)15-5-9-18(10-6-15)23-14(3)19(21)20-16-7-11-17(22-4)12-8-16/h5-14H,1-4H3,(H,20,21)/t14-/m0/s1. The van der Waals surface area contributed by atoms with E-state index in [2.05, 4.69) is 19.2 Å². The molecule has 1 atom stereocenters. The lowest BCUT2D eigenvalue weighted by molar-refractivity contribution is -0.122. The Hall–Kier alpha value is -2.49. The van der Waals surface area contributed by atoms with Gasteiger partial charge in [-0.3, -0.25) is 4.79 Å². The molecule has 0 aliphatic heterocycles. The highest BCUT2D eigenvalue weighted by Crippen LogP contribution is 2.20. The molecule has 0 spiro atoms. The monoisotopic (exact) mass is 313 g/mol. The van der Waals surface area contributed by atoms with Crippen molar-refractivity contribution in [3.05, 3.63) is 54.1 Å². The quantitative estimate of drug-likeness (QED) is 0.868. The molecule has 2 aromatic rings. The van der Waals surface area contributed by atoms with Crippen LogP contribution in [0.25, 0.3) is 0 Å². The molecule has 1 amide bonds. The van der Waals surface area contributed by atoms with Crippen LogP contribution in [0, 0.1) is 0 Å². The summed E-state index contributed by atoms with van der Waals surface area (Å²) < 4.78 is 10.8. The van der Waals surface area contributed by atoms with Crippen LogP contribution in [-0.2, 0) is 4.79 Å². The van der Waals surface area contributed by atoms with Crippen LogP contribution in [0.5, 0.6) is 11.5 Å². The summed E-state index contributed by atoms with van der Waals surface area (Å²) in [6.07, 6.45) is -0.581. The SMILES string of the molecule is COc1ccc(NC(=O)[C@H](C)Oc2ccc(C(C)C)cc2)cc1. The van der Waals surface area contributed by atoms with Gasteiger partial charge in [0.1, 0.15) is 11.5 Å². The summed E-state index contributed by atoms with van der Waals surface area (Å²) in [4.78, 5) is 12.2. The zero-order valence-electron chi connectivity index (χ0n) is 14.0. The van der Waals surface area contributed by atoms with Crippen LogP contribution >= 0.6 is 0 Å². The van der Waals surface area contributed by atoms with Gasteiger partial charge in [-0.1, -0.05) is 26.0 Å². The molecule has 4 nitrogen and oxygen atoms in total. The number of amides is 1. The molecule has 2 aromatic carbocycles. The highest BCUT2D eigenvalue weighted by molar-refractivity contribution is 5.94. The second-order valence-corrected chi connectivity index (χ2v) is 5.70. The van der Waals surface area contributed by atoms with Crippen LogP contribution in [0.2, 0.25) is 0 Å². The minimum atomic E-state index is -0.581. The van der Waals surface area contributed by atoms with E-state index in [1.165, 1.54) is 5.56 Å². The Labute approximate surface area is 137 Å². The molecule has 0 bridgehead atoms. The van der Waals surface area contributed by atoms with E-state index >= 15 is 0 Å². The van der Waals surface area contributed by atoms with Gasteiger partial charge in [0.15, 0.2) is 6.10 Å². The molecule has 0 heterocycles. The first-order valence-electron chi connectivity index (χ1n) is 7.71. The van der Waals surface area contributed by atoms with E-state index in [0.29, 0.717) is 17.4 Å². The third-order valence-electron chi connectivity index (χ3n) is 3.59. The van der Waals surface area contributed by atoms with Crippen LogP contribution in [0.15, 0.2) is 48.5 Å². The Morgan fingerprint density at radius 3 is 2.00 bits per heavy atom. The largest absolute Gasteiger partial charge is 0.497 e. The maximum atomic E-state index is 12.2. The molecule has 0 aromatic heterocycles. The fourth-order valence-corrected chi connectivity index (χ4v) is 2.11. The maximum Gasteiger partial charge on any atom is 0.265 e. The van der Waals surface area contributed by atoms with E-state index in [4.69, 9.17) is 9.47 Å². The number of hydrogen-bond acceptors (Lipinski definition) is 3. The zero-order valence-corrected chi connectivity index (χ0v) is 14.0. The maximum absolute atomic E-state index is 12.2. The van der Waals surface area contributed by atoms with E-state index in [1.54, 1.807) is 38.3 Å². The molecule has 0 aliphatic rings. The number of hydrogen-bond donors (Lipinski definition) is 1. The third kappa shape index (κ3) is 4.74. The Kier molecular flexibility index (Phi) is 5.63. The molecule has 0 unspecified atom stereocenters. The number of rotatable bonds is 6. The van der Waals surface area contributed by atoms with Gasteiger partial charge in [0.2, 0.25) is 0 Å². The molecule has 0 aliphatic carbocycles. The van der Waals surface area contributed by atoms with Crippen molar-refractivity contribution in [1.29, 1.82) is 0 Å². The van der Waals surface area contributed by atoms with Gasteiger partial charge in [0.25, 0.3) is 5.91 Å². The second-order valence-electron chi connectivity index (χ2n) is 5.70. The smallest absolute Gasteiger partial charge is 0.265 e. The molecule has 23 heavy (non-hydrogen) atoms. The lowest BCUT2D eigenvalue weighted by Gasteiger charge is -2.15. The summed E-state index contributed by atoms with van der Waals surface area (Å²) >= 11 is 0. The molecule has 0 radical (unpaired) electrons. The lowest BCUT2D eigenvalue weighted by Crippen LogP contribution is -2.30. The summed E-state index contributed by atoms with van der Waals surface area (Å²) in [5.74, 6) is 1.72. The average molecular weight is 313 g/mol. The Morgan fingerprint density at radius 2 is 1.48 bits per heavy atom. The van der Waals surface area contributed by atoms with Gasteiger partial charge in [-0.15, -0.1) is 0 Å². The van der Waals surface area contributed by atoms with E-state index in [0.717, 1.165) is 5.75 Å². The number of methoxy groups -OCH3 is 1. The zero-order chi connectivity index (χ0) is 16.8. The van der Waals surface area contributed by atoms with E-state index in [1.807, 2.05) is 24.3 Å². The van der Waals surface area contributed by atoms with Crippen LogP contribution in [0.1, 0.15) is 32.3 Å². The lowest BCUT2D eigenvalue weighted by atomic mass is 10.0. The number of ether oxygens (including phenoxy) is 2. The highest BCUT2D eigenvalue weighted by atomic mass is 16.5. The van der Waals surface area contributed by atoms with Gasteiger partial charge in [0.05, 0.1) is 7.11 Å². The third-order valence-corrected chi connectivity index (χ3v) is 3.59. The minimum Gasteiger partial charge on any atom is -0.497 e. The van der Waals surface area contributed by atoms with Crippen molar-refractivity contribution < 1.29 is 14.3 Å². The van der Waals surface area contributed by atoms with Crippen LogP contribution < -0.4 is 14.8 Å². The van der Waals surface area contributed by atoms with Gasteiger partial charge >= 0.3 is 0 Å². The van der Waals surface area contributed by atoms with Crippen molar-refractivity contribution in [2.45, 2.75) is 32.8 Å². The summed E-state index contributed by atoms with van der Waals surface area (Å²) in [6, 6.07) is 15.0. The number of carbonyl (C=O) groups excluding carboxylic acids is 1. The first kappa shape index (κ1) is 16.9. The molecule has 0 saturated carbocycles. The predicted molar refractivity (Wildman–Crippen MR) is 92.2 cm³/mol. The van der Waals surface area contributed by atoms with Crippen molar-refractivity contribution in [2.24, 2.45) is 0 Å². The molecular formula is C19H23NO3. The van der Waals surface area contributed by atoms with Gasteiger partial charge in [0, 0.05) is 5.69 Å². The van der Waals surface area contributed by atoms with Crippen molar-refractivity contribution in [3.63, 3.8) is 0 Å². The molecule has 1 N–H and O–H groups in total. The molecule has 2 rings (SSSR count). The van der Waals surface area contributed by atoms with Gasteiger partial charge < -0.3 is 14.8 Å². The second kappa shape index (κ2) is 7.68. The topological polar surface area (TPSA) is 47.6 Å². The minimum absolute atomic E-state index is 0.192. The number of benzene rings is 2. The van der Waals surface area contributed by atoms with Crippen molar-refractivity contribution >= 4 is 11.6 Å². The Morgan fingerprint density at radius 1 is 0.913 bits per heavy atom. The number of anilines is 1. The van der Waals surface area contributed by atoms with Crippen LogP contribution in [0.4, 0.5) is 5.69 Å². The molecular weight excluding hydrogens is 290 g/mol. The summed E-state index contributed by atoms with van der Waals surface area (Å²) in [6.45, 7) is 6.01. The van der Waals surface area contributed by atoms with Crippen molar-refractivity contribution in [1.82, 2.24) is 0 Å². The fraction of sp³-hybridized carbons (Fsp3) is 0.316.